The van der Waals surface area contributed by atoms with E-state index in [2.05, 4.69) is 42.3 Å². The molecule has 5 nitrogen and oxygen atoms in total. The standard InChI is InChI=1S/C19H23N3O2/c1-14-6-5-8-17(15(14)2)21-10-12-22(13-11-21)19(24)20-16-7-3-4-9-18(16)23/h3-9,23H,10-13H2,1-2H3,(H,20,24). The van der Waals surface area contributed by atoms with Crippen LogP contribution in [0, 0.1) is 13.8 Å². The first-order valence-electron chi connectivity index (χ1n) is 8.21. The lowest BCUT2D eigenvalue weighted by molar-refractivity contribution is 0.208. The molecule has 0 spiro atoms. The molecule has 0 atom stereocenters. The average Bonchev–Trinajstić information content (AvgIpc) is 2.59. The zero-order valence-electron chi connectivity index (χ0n) is 14.1. The van der Waals surface area contributed by atoms with Crippen LogP contribution in [-0.2, 0) is 0 Å². The molecular weight excluding hydrogens is 302 g/mol. The molecule has 0 radical (unpaired) electrons. The largest absolute Gasteiger partial charge is 0.506 e. The van der Waals surface area contributed by atoms with Crippen molar-refractivity contribution in [3.05, 3.63) is 53.6 Å². The maximum atomic E-state index is 12.4. The first kappa shape index (κ1) is 16.2. The van der Waals surface area contributed by atoms with Crippen LogP contribution in [0.1, 0.15) is 11.1 Å². The number of urea groups is 1. The number of phenols is 1. The number of rotatable bonds is 2. The molecule has 1 aliphatic rings. The minimum Gasteiger partial charge on any atom is -0.506 e. The summed E-state index contributed by atoms with van der Waals surface area (Å²) in [5, 5.41) is 12.5. The van der Waals surface area contributed by atoms with Gasteiger partial charge in [0.1, 0.15) is 5.75 Å². The quantitative estimate of drug-likeness (QED) is 0.833. The highest BCUT2D eigenvalue weighted by Gasteiger charge is 2.22. The Morgan fingerprint density at radius 1 is 1.00 bits per heavy atom. The van der Waals surface area contributed by atoms with Crippen LogP contribution in [0.2, 0.25) is 0 Å². The van der Waals surface area contributed by atoms with Gasteiger partial charge in [-0.05, 0) is 43.2 Å². The smallest absolute Gasteiger partial charge is 0.322 e. The third-order valence-corrected chi connectivity index (χ3v) is 4.63. The lowest BCUT2D eigenvalue weighted by Crippen LogP contribution is -2.50. The number of carbonyl (C=O) groups excluding carboxylic acids is 1. The van der Waals surface area contributed by atoms with Gasteiger partial charge in [0.25, 0.3) is 0 Å². The minimum atomic E-state index is -0.169. The molecule has 0 saturated carbocycles. The topological polar surface area (TPSA) is 55.8 Å². The number of anilines is 2. The zero-order chi connectivity index (χ0) is 17.1. The van der Waals surface area contributed by atoms with Crippen LogP contribution in [0.4, 0.5) is 16.2 Å². The zero-order valence-corrected chi connectivity index (χ0v) is 14.1. The molecule has 2 amide bonds. The fourth-order valence-electron chi connectivity index (χ4n) is 3.00. The molecule has 3 rings (SSSR count). The Balaban J connectivity index is 1.62. The van der Waals surface area contributed by atoms with Gasteiger partial charge in [-0.1, -0.05) is 24.3 Å². The predicted molar refractivity (Wildman–Crippen MR) is 96.8 cm³/mol. The highest BCUT2D eigenvalue weighted by molar-refractivity contribution is 5.91. The summed E-state index contributed by atoms with van der Waals surface area (Å²) in [6, 6.07) is 12.9. The predicted octanol–water partition coefficient (Wildman–Crippen LogP) is 3.36. The second-order valence-electron chi connectivity index (χ2n) is 6.14. The number of carbonyl (C=O) groups is 1. The van der Waals surface area contributed by atoms with Crippen molar-refractivity contribution in [2.24, 2.45) is 0 Å². The third kappa shape index (κ3) is 3.30. The number of aryl methyl sites for hydroxylation is 1. The maximum absolute atomic E-state index is 12.4. The molecule has 1 fully saturated rings. The number of nitrogens with zero attached hydrogens (tertiary/aromatic N) is 2. The van der Waals surface area contributed by atoms with E-state index >= 15 is 0 Å². The first-order valence-corrected chi connectivity index (χ1v) is 8.21. The number of para-hydroxylation sites is 2. The highest BCUT2D eigenvalue weighted by Crippen LogP contribution is 2.25. The summed E-state index contributed by atoms with van der Waals surface area (Å²) in [6.07, 6.45) is 0. The number of phenolic OH excluding ortho intramolecular Hbond substituents is 1. The molecule has 0 aromatic heterocycles. The average molecular weight is 325 g/mol. The number of piperazine rings is 1. The van der Waals surface area contributed by atoms with Gasteiger partial charge in [-0.25, -0.2) is 4.79 Å². The van der Waals surface area contributed by atoms with Gasteiger partial charge in [-0.2, -0.15) is 0 Å². The van der Waals surface area contributed by atoms with Crippen molar-refractivity contribution in [2.45, 2.75) is 13.8 Å². The second-order valence-corrected chi connectivity index (χ2v) is 6.14. The summed E-state index contributed by atoms with van der Waals surface area (Å²) < 4.78 is 0. The van der Waals surface area contributed by atoms with Gasteiger partial charge < -0.3 is 20.2 Å². The van der Waals surface area contributed by atoms with E-state index in [1.165, 1.54) is 16.8 Å². The van der Waals surface area contributed by atoms with Gasteiger partial charge in [0.2, 0.25) is 0 Å². The van der Waals surface area contributed by atoms with E-state index < -0.39 is 0 Å². The van der Waals surface area contributed by atoms with Crippen LogP contribution in [0.25, 0.3) is 0 Å². The number of hydrogen-bond acceptors (Lipinski definition) is 3. The SMILES string of the molecule is Cc1cccc(N2CCN(C(=O)Nc3ccccc3O)CC2)c1C. The van der Waals surface area contributed by atoms with Gasteiger partial charge in [-0.3, -0.25) is 0 Å². The number of nitrogens with one attached hydrogen (secondary N) is 1. The summed E-state index contributed by atoms with van der Waals surface area (Å²) in [6.45, 7) is 7.19. The van der Waals surface area contributed by atoms with Crippen LogP contribution in [-0.4, -0.2) is 42.2 Å². The Morgan fingerprint density at radius 2 is 1.71 bits per heavy atom. The van der Waals surface area contributed by atoms with Crippen LogP contribution >= 0.6 is 0 Å². The maximum Gasteiger partial charge on any atom is 0.322 e. The fourth-order valence-corrected chi connectivity index (χ4v) is 3.00. The summed E-state index contributed by atoms with van der Waals surface area (Å²) in [5.74, 6) is 0.0832. The Hall–Kier alpha value is -2.69. The van der Waals surface area contributed by atoms with Crippen molar-refractivity contribution in [2.75, 3.05) is 36.4 Å². The van der Waals surface area contributed by atoms with Crippen LogP contribution in [0.15, 0.2) is 42.5 Å². The van der Waals surface area contributed by atoms with Crippen molar-refractivity contribution in [3.63, 3.8) is 0 Å². The van der Waals surface area contributed by atoms with E-state index in [9.17, 15) is 9.90 Å². The number of amides is 2. The Morgan fingerprint density at radius 3 is 2.42 bits per heavy atom. The third-order valence-electron chi connectivity index (χ3n) is 4.63. The van der Waals surface area contributed by atoms with Crippen molar-refractivity contribution < 1.29 is 9.90 Å². The fraction of sp³-hybridized carbons (Fsp3) is 0.316. The molecule has 2 aromatic rings. The number of benzene rings is 2. The summed E-state index contributed by atoms with van der Waals surface area (Å²) >= 11 is 0. The highest BCUT2D eigenvalue weighted by atomic mass is 16.3. The molecule has 0 bridgehead atoms. The molecule has 2 N–H and O–H groups in total. The van der Waals surface area contributed by atoms with E-state index in [-0.39, 0.29) is 11.8 Å². The van der Waals surface area contributed by atoms with E-state index in [0.29, 0.717) is 18.8 Å². The lowest BCUT2D eigenvalue weighted by Gasteiger charge is -2.37. The molecule has 126 valence electrons. The van der Waals surface area contributed by atoms with Gasteiger partial charge in [0, 0.05) is 31.9 Å². The molecule has 1 heterocycles. The Bertz CT molecular complexity index is 737. The summed E-state index contributed by atoms with van der Waals surface area (Å²) in [4.78, 5) is 16.5. The molecule has 2 aromatic carbocycles. The van der Waals surface area contributed by atoms with E-state index in [4.69, 9.17) is 0 Å². The molecule has 1 aliphatic heterocycles. The van der Waals surface area contributed by atoms with E-state index in [1.807, 2.05) is 0 Å². The molecule has 1 saturated heterocycles. The van der Waals surface area contributed by atoms with E-state index in [1.54, 1.807) is 29.2 Å². The second kappa shape index (κ2) is 6.83. The minimum absolute atomic E-state index is 0.0832. The van der Waals surface area contributed by atoms with Crippen molar-refractivity contribution >= 4 is 17.4 Å². The van der Waals surface area contributed by atoms with Gasteiger partial charge >= 0.3 is 6.03 Å². The van der Waals surface area contributed by atoms with Gasteiger partial charge in [0.05, 0.1) is 5.69 Å². The molecule has 0 aliphatic carbocycles. The summed E-state index contributed by atoms with van der Waals surface area (Å²) in [5.41, 5.74) is 4.27. The number of hydrogen-bond donors (Lipinski definition) is 2. The van der Waals surface area contributed by atoms with Crippen molar-refractivity contribution in [1.29, 1.82) is 0 Å². The first-order chi connectivity index (χ1) is 11.6. The van der Waals surface area contributed by atoms with Crippen molar-refractivity contribution in [1.82, 2.24) is 4.90 Å². The lowest BCUT2D eigenvalue weighted by atomic mass is 10.1. The summed E-state index contributed by atoms with van der Waals surface area (Å²) in [7, 11) is 0. The Kier molecular flexibility index (Phi) is 4.60. The normalized spacial score (nSPS) is 14.6. The van der Waals surface area contributed by atoms with Gasteiger partial charge in [-0.15, -0.1) is 0 Å². The Labute approximate surface area is 142 Å². The van der Waals surface area contributed by atoms with Crippen LogP contribution in [0.3, 0.4) is 0 Å². The molecule has 5 heteroatoms. The molecule has 24 heavy (non-hydrogen) atoms. The van der Waals surface area contributed by atoms with Gasteiger partial charge in [0.15, 0.2) is 0 Å². The molecular formula is C19H23N3O2. The van der Waals surface area contributed by atoms with Crippen molar-refractivity contribution in [3.8, 4) is 5.75 Å². The van der Waals surface area contributed by atoms with Crippen LogP contribution in [0.5, 0.6) is 5.75 Å². The van der Waals surface area contributed by atoms with Crippen LogP contribution < -0.4 is 10.2 Å². The van der Waals surface area contributed by atoms with E-state index in [0.717, 1.165) is 13.1 Å². The number of aromatic hydroxyl groups is 1. The monoisotopic (exact) mass is 325 g/mol. The molecule has 0 unspecified atom stereocenters.